The molecule has 1 atom stereocenters. The van der Waals surface area contributed by atoms with Crippen LogP contribution in [0.4, 0.5) is 20.7 Å². The SMILES string of the molecule is CCC(C)N(Cc1c(C)nn(-c2cccc(F)c2)c1N1CCN(CC)CC1)C(=O)Nc1cccc(C)c1. The molecule has 7 nitrogen and oxygen atoms in total. The Kier molecular flexibility index (Phi) is 8.48. The number of halogens is 1. The predicted octanol–water partition coefficient (Wildman–Crippen LogP) is 5.60. The summed E-state index contributed by atoms with van der Waals surface area (Å²) in [5, 5.41) is 7.95. The van der Waals surface area contributed by atoms with Crippen molar-refractivity contribution in [1.82, 2.24) is 19.6 Å². The summed E-state index contributed by atoms with van der Waals surface area (Å²) in [6, 6.07) is 14.3. The molecule has 198 valence electrons. The van der Waals surface area contributed by atoms with Gasteiger partial charge in [0, 0.05) is 43.5 Å². The first-order valence-corrected chi connectivity index (χ1v) is 13.3. The van der Waals surface area contributed by atoms with Crippen LogP contribution in [-0.2, 0) is 6.54 Å². The Hall–Kier alpha value is -3.39. The van der Waals surface area contributed by atoms with Gasteiger partial charge in [-0.2, -0.15) is 5.10 Å². The minimum atomic E-state index is -0.298. The molecule has 0 spiro atoms. The minimum Gasteiger partial charge on any atom is -0.354 e. The van der Waals surface area contributed by atoms with E-state index >= 15 is 0 Å². The molecule has 0 bridgehead atoms. The second-order valence-electron chi connectivity index (χ2n) is 9.89. The molecule has 1 saturated heterocycles. The van der Waals surface area contributed by atoms with Crippen LogP contribution < -0.4 is 10.2 Å². The van der Waals surface area contributed by atoms with Gasteiger partial charge in [-0.1, -0.05) is 32.0 Å². The maximum absolute atomic E-state index is 14.2. The molecule has 3 aromatic rings. The van der Waals surface area contributed by atoms with E-state index in [1.165, 1.54) is 12.1 Å². The normalized spacial score (nSPS) is 15.0. The zero-order chi connectivity index (χ0) is 26.5. The van der Waals surface area contributed by atoms with Gasteiger partial charge in [0.15, 0.2) is 0 Å². The van der Waals surface area contributed by atoms with Gasteiger partial charge in [-0.05, 0) is 69.6 Å². The molecule has 0 saturated carbocycles. The first kappa shape index (κ1) is 26.7. The molecule has 1 fully saturated rings. The maximum Gasteiger partial charge on any atom is 0.322 e. The van der Waals surface area contributed by atoms with Gasteiger partial charge in [-0.25, -0.2) is 13.9 Å². The number of amides is 2. The monoisotopic (exact) mass is 506 g/mol. The maximum atomic E-state index is 14.2. The van der Waals surface area contributed by atoms with E-state index in [1.54, 1.807) is 6.07 Å². The highest BCUT2D eigenvalue weighted by atomic mass is 19.1. The molecule has 1 aliphatic heterocycles. The third-order valence-electron chi connectivity index (χ3n) is 7.31. The van der Waals surface area contributed by atoms with Crippen LogP contribution in [0.3, 0.4) is 0 Å². The van der Waals surface area contributed by atoms with E-state index in [9.17, 15) is 9.18 Å². The number of aryl methyl sites for hydroxylation is 2. The molecule has 1 N–H and O–H groups in total. The summed E-state index contributed by atoms with van der Waals surface area (Å²) in [7, 11) is 0. The van der Waals surface area contributed by atoms with Gasteiger partial charge in [0.2, 0.25) is 0 Å². The van der Waals surface area contributed by atoms with Crippen molar-refractivity contribution in [3.05, 3.63) is 71.2 Å². The van der Waals surface area contributed by atoms with Gasteiger partial charge >= 0.3 is 6.03 Å². The Balaban J connectivity index is 1.72. The fraction of sp³-hybridized carbons (Fsp3) is 0.448. The molecule has 1 aromatic heterocycles. The standard InChI is InChI=1S/C29H39FN6O/c1-6-22(4)35(29(37)31-25-12-8-10-21(3)18-25)20-27-23(5)32-36(26-13-9-11-24(30)19-26)28(27)34-16-14-33(7-2)15-17-34/h8-13,18-19,22H,6-7,14-17,20H2,1-5H3,(H,31,37). The lowest BCUT2D eigenvalue weighted by Crippen LogP contribution is -2.47. The number of nitrogens with zero attached hydrogens (tertiary/aromatic N) is 5. The number of hydrogen-bond donors (Lipinski definition) is 1. The highest BCUT2D eigenvalue weighted by Crippen LogP contribution is 2.31. The summed E-state index contributed by atoms with van der Waals surface area (Å²) >= 11 is 0. The van der Waals surface area contributed by atoms with E-state index in [4.69, 9.17) is 5.10 Å². The van der Waals surface area contributed by atoms with E-state index < -0.39 is 0 Å². The van der Waals surface area contributed by atoms with Gasteiger partial charge in [-0.15, -0.1) is 0 Å². The quantitative estimate of drug-likeness (QED) is 0.432. The van der Waals surface area contributed by atoms with Crippen LogP contribution in [0.15, 0.2) is 48.5 Å². The zero-order valence-electron chi connectivity index (χ0n) is 22.7. The molecule has 0 radical (unpaired) electrons. The second-order valence-corrected chi connectivity index (χ2v) is 9.89. The van der Waals surface area contributed by atoms with Crippen molar-refractivity contribution in [2.75, 3.05) is 42.9 Å². The molecule has 2 amide bonds. The molecule has 2 aromatic carbocycles. The number of carbonyl (C=O) groups excluding carboxylic acids is 1. The van der Waals surface area contributed by atoms with Crippen LogP contribution in [0.1, 0.15) is 44.0 Å². The number of benzene rings is 2. The topological polar surface area (TPSA) is 56.6 Å². The number of urea groups is 1. The fourth-order valence-electron chi connectivity index (χ4n) is 4.86. The summed E-state index contributed by atoms with van der Waals surface area (Å²) in [5.41, 5.74) is 4.39. The summed E-state index contributed by atoms with van der Waals surface area (Å²) in [5.74, 6) is 0.642. The van der Waals surface area contributed by atoms with Crippen LogP contribution >= 0.6 is 0 Å². The Morgan fingerprint density at radius 3 is 2.46 bits per heavy atom. The van der Waals surface area contributed by atoms with Crippen LogP contribution in [-0.4, -0.2) is 64.4 Å². The van der Waals surface area contributed by atoms with Crippen molar-refractivity contribution in [3.8, 4) is 5.69 Å². The number of anilines is 2. The van der Waals surface area contributed by atoms with Gasteiger partial charge in [-0.3, -0.25) is 0 Å². The molecule has 0 aliphatic carbocycles. The molecular weight excluding hydrogens is 467 g/mol. The lowest BCUT2D eigenvalue weighted by Gasteiger charge is -2.37. The fourth-order valence-corrected chi connectivity index (χ4v) is 4.86. The number of carbonyl (C=O) groups is 1. The van der Waals surface area contributed by atoms with Gasteiger partial charge in [0.25, 0.3) is 0 Å². The van der Waals surface area contributed by atoms with E-state index in [2.05, 4.69) is 35.9 Å². The molecule has 37 heavy (non-hydrogen) atoms. The number of piperazine rings is 1. The highest BCUT2D eigenvalue weighted by Gasteiger charge is 2.29. The molecular formula is C29H39FN6O. The van der Waals surface area contributed by atoms with E-state index in [1.807, 2.05) is 53.8 Å². The van der Waals surface area contributed by atoms with Gasteiger partial charge in [0.05, 0.1) is 17.9 Å². The first-order chi connectivity index (χ1) is 17.8. The van der Waals surface area contributed by atoms with Crippen LogP contribution in [0.5, 0.6) is 0 Å². The smallest absolute Gasteiger partial charge is 0.322 e. The molecule has 8 heteroatoms. The summed E-state index contributed by atoms with van der Waals surface area (Å²) in [6.45, 7) is 15.4. The first-order valence-electron chi connectivity index (χ1n) is 13.3. The largest absolute Gasteiger partial charge is 0.354 e. The predicted molar refractivity (Wildman–Crippen MR) is 148 cm³/mol. The lowest BCUT2D eigenvalue weighted by atomic mass is 10.1. The van der Waals surface area contributed by atoms with E-state index in [0.717, 1.165) is 67.5 Å². The third-order valence-corrected chi connectivity index (χ3v) is 7.31. The van der Waals surface area contributed by atoms with Crippen molar-refractivity contribution in [2.24, 2.45) is 0 Å². The van der Waals surface area contributed by atoms with Gasteiger partial charge < -0.3 is 20.0 Å². The summed E-state index contributed by atoms with van der Waals surface area (Å²) in [6.07, 6.45) is 0.822. The number of rotatable bonds is 8. The number of aromatic nitrogens is 2. The Morgan fingerprint density at radius 2 is 1.81 bits per heavy atom. The van der Waals surface area contributed by atoms with Crippen molar-refractivity contribution in [2.45, 2.75) is 53.6 Å². The molecule has 1 unspecified atom stereocenters. The average molecular weight is 507 g/mol. The van der Waals surface area contributed by atoms with Crippen molar-refractivity contribution in [3.63, 3.8) is 0 Å². The Labute approximate surface area is 219 Å². The summed E-state index contributed by atoms with van der Waals surface area (Å²) in [4.78, 5) is 20.2. The van der Waals surface area contributed by atoms with E-state index in [0.29, 0.717) is 12.2 Å². The minimum absolute atomic E-state index is 0.0199. The second kappa shape index (κ2) is 11.8. The van der Waals surface area contributed by atoms with Crippen molar-refractivity contribution < 1.29 is 9.18 Å². The van der Waals surface area contributed by atoms with Crippen molar-refractivity contribution >= 4 is 17.5 Å². The number of likely N-dealkylation sites (N-methyl/N-ethyl adjacent to an activating group) is 1. The summed E-state index contributed by atoms with van der Waals surface area (Å²) < 4.78 is 16.1. The van der Waals surface area contributed by atoms with Crippen LogP contribution in [0.2, 0.25) is 0 Å². The number of hydrogen-bond acceptors (Lipinski definition) is 4. The van der Waals surface area contributed by atoms with Crippen LogP contribution in [0, 0.1) is 19.7 Å². The molecule has 2 heterocycles. The average Bonchev–Trinajstić information content (AvgIpc) is 3.22. The van der Waals surface area contributed by atoms with E-state index in [-0.39, 0.29) is 17.9 Å². The Bertz CT molecular complexity index is 1220. The molecule has 1 aliphatic rings. The highest BCUT2D eigenvalue weighted by molar-refractivity contribution is 5.89. The Morgan fingerprint density at radius 1 is 1.08 bits per heavy atom. The lowest BCUT2D eigenvalue weighted by molar-refractivity contribution is 0.187. The number of nitrogens with one attached hydrogen (secondary N) is 1. The van der Waals surface area contributed by atoms with Gasteiger partial charge in [0.1, 0.15) is 11.6 Å². The van der Waals surface area contributed by atoms with Crippen LogP contribution in [0.25, 0.3) is 5.69 Å². The van der Waals surface area contributed by atoms with Crippen molar-refractivity contribution in [1.29, 1.82) is 0 Å². The molecule has 4 rings (SSSR count). The zero-order valence-corrected chi connectivity index (χ0v) is 22.7. The third kappa shape index (κ3) is 6.13.